The zero-order valence-corrected chi connectivity index (χ0v) is 9.16. The van der Waals surface area contributed by atoms with E-state index in [4.69, 9.17) is 5.11 Å². The molecule has 1 rings (SSSR count). The molecule has 0 fully saturated rings. The summed E-state index contributed by atoms with van der Waals surface area (Å²) in [6.07, 6.45) is -2.62. The van der Waals surface area contributed by atoms with Crippen LogP contribution >= 0.6 is 0 Å². The summed E-state index contributed by atoms with van der Waals surface area (Å²) < 4.78 is 0. The molecule has 0 aliphatic heterocycles. The van der Waals surface area contributed by atoms with Gasteiger partial charge < -0.3 is 25.5 Å². The Bertz CT molecular complexity index is 428. The second kappa shape index (κ2) is 5.03. The molecule has 5 N–H and O–H groups in total. The van der Waals surface area contributed by atoms with Gasteiger partial charge in [0.2, 0.25) is 0 Å². The lowest BCUT2D eigenvalue weighted by Gasteiger charge is -2.19. The fourth-order valence-electron chi connectivity index (χ4n) is 1.50. The molecule has 1 aromatic carbocycles. The summed E-state index contributed by atoms with van der Waals surface area (Å²) in [4.78, 5) is 10.9. The van der Waals surface area contributed by atoms with Crippen LogP contribution in [0, 0.1) is 0 Å². The minimum atomic E-state index is -1.57. The fraction of sp³-hybridized carbons (Fsp3) is 0.364. The highest BCUT2D eigenvalue weighted by molar-refractivity contribution is 5.91. The number of phenolic OH excluding ortho intramolecular Hbond substituents is 2. The van der Waals surface area contributed by atoms with Crippen LogP contribution in [0.25, 0.3) is 0 Å². The Morgan fingerprint density at radius 1 is 1.29 bits per heavy atom. The van der Waals surface area contributed by atoms with Gasteiger partial charge in [-0.3, -0.25) is 0 Å². The van der Waals surface area contributed by atoms with Crippen molar-refractivity contribution in [3.8, 4) is 11.5 Å². The Morgan fingerprint density at radius 3 is 2.35 bits per heavy atom. The zero-order chi connectivity index (χ0) is 13.2. The molecule has 1 aromatic rings. The molecular weight excluding hydrogens is 228 g/mol. The van der Waals surface area contributed by atoms with Gasteiger partial charge >= 0.3 is 5.97 Å². The lowest BCUT2D eigenvalue weighted by Crippen LogP contribution is -2.20. The van der Waals surface area contributed by atoms with Gasteiger partial charge in [-0.2, -0.15) is 0 Å². The molecule has 94 valence electrons. The zero-order valence-electron chi connectivity index (χ0n) is 9.16. The summed E-state index contributed by atoms with van der Waals surface area (Å²) in [5.41, 5.74) is -0.743. The van der Waals surface area contributed by atoms with Crippen LogP contribution in [0.2, 0.25) is 0 Å². The molecule has 0 saturated carbocycles. The molecule has 0 aromatic heterocycles. The largest absolute Gasteiger partial charge is 0.504 e. The van der Waals surface area contributed by atoms with Crippen LogP contribution in [-0.2, 0) is 0 Å². The van der Waals surface area contributed by atoms with Crippen molar-refractivity contribution in [2.45, 2.75) is 25.6 Å². The van der Waals surface area contributed by atoms with Crippen LogP contribution in [0.5, 0.6) is 11.5 Å². The van der Waals surface area contributed by atoms with Crippen LogP contribution < -0.4 is 0 Å². The molecule has 0 bridgehead atoms. The third-order valence-electron chi connectivity index (χ3n) is 2.50. The molecule has 0 spiro atoms. The topological polar surface area (TPSA) is 118 Å². The Balaban J connectivity index is 3.37. The number of aromatic carboxylic acids is 1. The minimum Gasteiger partial charge on any atom is -0.504 e. The lowest BCUT2D eigenvalue weighted by molar-refractivity contribution is 0.0140. The molecule has 0 saturated heterocycles. The van der Waals surface area contributed by atoms with Crippen LogP contribution in [0.3, 0.4) is 0 Å². The number of carbonyl (C=O) groups is 1. The Labute approximate surface area is 97.4 Å². The smallest absolute Gasteiger partial charge is 0.336 e. The SMILES string of the molecule is CCC(O)C(O)c1c(C(=O)O)ccc(O)c1O. The first-order valence-corrected chi connectivity index (χ1v) is 5.04. The van der Waals surface area contributed by atoms with E-state index in [2.05, 4.69) is 0 Å². The quantitative estimate of drug-likeness (QED) is 0.493. The number of phenols is 2. The van der Waals surface area contributed by atoms with E-state index in [1.54, 1.807) is 6.92 Å². The number of carboxylic acid groups (broad SMARTS) is 1. The van der Waals surface area contributed by atoms with Crippen molar-refractivity contribution in [2.24, 2.45) is 0 Å². The van der Waals surface area contributed by atoms with E-state index >= 15 is 0 Å². The van der Waals surface area contributed by atoms with Gasteiger partial charge in [0.15, 0.2) is 11.5 Å². The van der Waals surface area contributed by atoms with Crippen molar-refractivity contribution in [2.75, 3.05) is 0 Å². The number of aromatic hydroxyl groups is 2. The third-order valence-corrected chi connectivity index (χ3v) is 2.50. The van der Waals surface area contributed by atoms with E-state index in [1.165, 1.54) is 0 Å². The standard InChI is InChI=1S/C11H14O6/c1-2-6(12)9(14)8-5(11(16)17)3-4-7(13)10(8)15/h3-4,6,9,12-15H,2H2,1H3,(H,16,17). The number of rotatable bonds is 4. The molecule has 2 atom stereocenters. The summed E-state index contributed by atoms with van der Waals surface area (Å²) >= 11 is 0. The van der Waals surface area contributed by atoms with E-state index in [1.807, 2.05) is 0 Å². The number of hydrogen-bond donors (Lipinski definition) is 5. The lowest BCUT2D eigenvalue weighted by atomic mass is 9.96. The second-order valence-corrected chi connectivity index (χ2v) is 3.62. The van der Waals surface area contributed by atoms with Gasteiger partial charge in [0.1, 0.15) is 6.10 Å². The highest BCUT2D eigenvalue weighted by Gasteiger charge is 2.27. The molecular formula is C11H14O6. The molecule has 0 aliphatic carbocycles. The monoisotopic (exact) mass is 242 g/mol. The summed E-state index contributed by atoms with van der Waals surface area (Å²) in [7, 11) is 0. The number of aliphatic hydroxyl groups is 2. The molecule has 0 aliphatic rings. The van der Waals surface area contributed by atoms with Gasteiger partial charge in [-0.1, -0.05) is 6.92 Å². The van der Waals surface area contributed by atoms with Crippen molar-refractivity contribution in [3.05, 3.63) is 23.3 Å². The van der Waals surface area contributed by atoms with Crippen LogP contribution in [0.4, 0.5) is 0 Å². The van der Waals surface area contributed by atoms with Crippen molar-refractivity contribution in [1.82, 2.24) is 0 Å². The molecule has 0 heterocycles. The predicted octanol–water partition coefficient (Wildman–Crippen LogP) is 0.600. The van der Waals surface area contributed by atoms with Crippen molar-refractivity contribution < 1.29 is 30.3 Å². The minimum absolute atomic E-state index is 0.176. The van der Waals surface area contributed by atoms with Crippen molar-refractivity contribution in [1.29, 1.82) is 0 Å². The number of benzene rings is 1. The number of aliphatic hydroxyl groups excluding tert-OH is 2. The van der Waals surface area contributed by atoms with E-state index < -0.39 is 29.7 Å². The Morgan fingerprint density at radius 2 is 1.88 bits per heavy atom. The van der Waals surface area contributed by atoms with Gasteiger partial charge in [-0.05, 0) is 18.6 Å². The van der Waals surface area contributed by atoms with Crippen LogP contribution in [0.15, 0.2) is 12.1 Å². The maximum Gasteiger partial charge on any atom is 0.336 e. The average molecular weight is 242 g/mol. The van der Waals surface area contributed by atoms with E-state index in [0.29, 0.717) is 0 Å². The molecule has 0 radical (unpaired) electrons. The molecule has 6 heteroatoms. The molecule has 17 heavy (non-hydrogen) atoms. The normalized spacial score (nSPS) is 14.3. The summed E-state index contributed by atoms with van der Waals surface area (Å²) in [6.45, 7) is 1.59. The van der Waals surface area contributed by atoms with E-state index in [0.717, 1.165) is 12.1 Å². The fourth-order valence-corrected chi connectivity index (χ4v) is 1.50. The maximum absolute atomic E-state index is 10.9. The number of carboxylic acids is 1. The number of hydrogen-bond acceptors (Lipinski definition) is 5. The first-order valence-electron chi connectivity index (χ1n) is 5.04. The summed E-state index contributed by atoms with van der Waals surface area (Å²) in [5.74, 6) is -2.64. The van der Waals surface area contributed by atoms with E-state index in [-0.39, 0.29) is 17.5 Å². The molecule has 6 nitrogen and oxygen atoms in total. The van der Waals surface area contributed by atoms with Crippen LogP contribution in [0.1, 0.15) is 35.4 Å². The highest BCUT2D eigenvalue weighted by atomic mass is 16.4. The van der Waals surface area contributed by atoms with Crippen molar-refractivity contribution in [3.63, 3.8) is 0 Å². The molecule has 2 unspecified atom stereocenters. The Hall–Kier alpha value is -1.79. The average Bonchev–Trinajstić information content (AvgIpc) is 2.30. The van der Waals surface area contributed by atoms with Gasteiger partial charge in [0, 0.05) is 5.56 Å². The highest BCUT2D eigenvalue weighted by Crippen LogP contribution is 2.37. The van der Waals surface area contributed by atoms with Gasteiger partial charge in [-0.15, -0.1) is 0 Å². The summed E-state index contributed by atoms with van der Waals surface area (Å²) in [6, 6.07) is 2.06. The first-order chi connectivity index (χ1) is 7.90. The van der Waals surface area contributed by atoms with Crippen LogP contribution in [-0.4, -0.2) is 37.6 Å². The van der Waals surface area contributed by atoms with Gasteiger partial charge in [0.25, 0.3) is 0 Å². The predicted molar refractivity (Wildman–Crippen MR) is 58.0 cm³/mol. The first kappa shape index (κ1) is 13.3. The Kier molecular flexibility index (Phi) is 3.93. The third kappa shape index (κ3) is 2.48. The molecule has 0 amide bonds. The van der Waals surface area contributed by atoms with Gasteiger partial charge in [-0.25, -0.2) is 4.79 Å². The second-order valence-electron chi connectivity index (χ2n) is 3.62. The summed E-state index contributed by atoms with van der Waals surface area (Å²) in [5, 5.41) is 46.9. The van der Waals surface area contributed by atoms with Crippen molar-refractivity contribution >= 4 is 5.97 Å². The maximum atomic E-state index is 10.9. The van der Waals surface area contributed by atoms with E-state index in [9.17, 15) is 25.2 Å². The van der Waals surface area contributed by atoms with Gasteiger partial charge in [0.05, 0.1) is 11.7 Å².